The van der Waals surface area contributed by atoms with Gasteiger partial charge in [-0.15, -0.1) is 12.7 Å². The van der Waals surface area contributed by atoms with Crippen molar-refractivity contribution in [3.63, 3.8) is 0 Å². The number of nitrogens with zero attached hydrogens (tertiary/aromatic N) is 1. The van der Waals surface area contributed by atoms with Crippen LogP contribution in [0.25, 0.3) is 5.32 Å². The molecule has 1 aromatic carbocycles. The van der Waals surface area contributed by atoms with Crippen LogP contribution in [0.15, 0.2) is 30.3 Å². The van der Waals surface area contributed by atoms with E-state index >= 15 is 0 Å². The molecular formula is C9H14AlN. The number of para-hydroxylation sites is 1. The Morgan fingerprint density at radius 2 is 1.55 bits per heavy atom. The van der Waals surface area contributed by atoms with Gasteiger partial charge >= 0.3 is 26.8 Å². The molecule has 11 heavy (non-hydrogen) atoms. The summed E-state index contributed by atoms with van der Waals surface area (Å²) in [5.41, 5.74) is 1.03. The Hall–Kier alpha value is -0.448. The van der Waals surface area contributed by atoms with Crippen LogP contribution < -0.4 is 0 Å². The molecule has 0 unspecified atom stereocenters. The molecule has 0 atom stereocenters. The van der Waals surface area contributed by atoms with Crippen LogP contribution in [0.3, 0.4) is 0 Å². The molecule has 0 bridgehead atoms. The zero-order valence-electron chi connectivity index (χ0n) is 7.41. The van der Waals surface area contributed by atoms with Gasteiger partial charge in [0.1, 0.15) is 0 Å². The van der Waals surface area contributed by atoms with Crippen LogP contribution in [0.2, 0.25) is 11.6 Å². The summed E-state index contributed by atoms with van der Waals surface area (Å²) in [4.78, 5) is 0. The monoisotopic (exact) mass is 163 g/mol. The Labute approximate surface area is 75.5 Å². The average Bonchev–Trinajstić information content (AvgIpc) is 2.08. The van der Waals surface area contributed by atoms with E-state index in [0.29, 0.717) is 0 Å². The molecule has 0 spiro atoms. The quantitative estimate of drug-likeness (QED) is 0.565. The fourth-order valence-electron chi connectivity index (χ4n) is 0.577. The van der Waals surface area contributed by atoms with Gasteiger partial charge in [0.15, 0.2) is 0 Å². The van der Waals surface area contributed by atoms with Crippen molar-refractivity contribution in [2.24, 2.45) is 0 Å². The Bertz CT molecular complexity index is 162. The molecule has 0 radical (unpaired) electrons. The zero-order valence-corrected chi connectivity index (χ0v) is 8.57. The van der Waals surface area contributed by atoms with E-state index < -0.39 is 0 Å². The van der Waals surface area contributed by atoms with E-state index in [0.717, 1.165) is 20.9 Å². The summed E-state index contributed by atoms with van der Waals surface area (Å²) in [6, 6.07) is 9.87. The maximum absolute atomic E-state index is 3.97. The first-order valence-electron chi connectivity index (χ1n) is 3.74. The van der Waals surface area contributed by atoms with Crippen molar-refractivity contribution in [3.8, 4) is 0 Å². The summed E-state index contributed by atoms with van der Waals surface area (Å²) >= 11 is 0.750. The molecule has 0 saturated carbocycles. The third-order valence-electron chi connectivity index (χ3n) is 1.01. The van der Waals surface area contributed by atoms with Gasteiger partial charge in [0.2, 0.25) is 0 Å². The molecule has 0 aliphatic heterocycles. The number of benzene rings is 1. The van der Waals surface area contributed by atoms with Gasteiger partial charge in [-0.1, -0.05) is 30.3 Å². The van der Waals surface area contributed by atoms with Gasteiger partial charge in [-0.05, 0) is 0 Å². The Morgan fingerprint density at radius 1 is 1.09 bits per heavy atom. The summed E-state index contributed by atoms with van der Waals surface area (Å²) in [7, 11) is 1.79. The minimum atomic E-state index is 0.750. The second-order valence-corrected chi connectivity index (χ2v) is 3.29. The molecule has 0 aliphatic rings. The van der Waals surface area contributed by atoms with Crippen molar-refractivity contribution in [2.45, 2.75) is 11.6 Å². The van der Waals surface area contributed by atoms with Crippen molar-refractivity contribution in [1.82, 2.24) is 0 Å². The Morgan fingerprint density at radius 3 is 1.82 bits per heavy atom. The van der Waals surface area contributed by atoms with Gasteiger partial charge in [-0.3, -0.25) is 0 Å². The van der Waals surface area contributed by atoms with Gasteiger partial charge in [-0.2, -0.15) is 0 Å². The van der Waals surface area contributed by atoms with E-state index in [1.165, 1.54) is 0 Å². The first-order chi connectivity index (χ1) is 5.35. The summed E-state index contributed by atoms with van der Waals surface area (Å²) in [6.07, 6.45) is 0. The number of rotatable bonds is 1. The van der Waals surface area contributed by atoms with Crippen LogP contribution >= 0.6 is 0 Å². The first kappa shape index (κ1) is 10.6. The normalized spacial score (nSPS) is 7.18. The van der Waals surface area contributed by atoms with Gasteiger partial charge in [0, 0.05) is 0 Å². The predicted molar refractivity (Wildman–Crippen MR) is 52.9 cm³/mol. The van der Waals surface area contributed by atoms with E-state index in [1.54, 1.807) is 7.05 Å². The Balaban J connectivity index is 0.000000292. The average molecular weight is 163 g/mol. The third kappa shape index (κ3) is 5.97. The second kappa shape index (κ2) is 7.66. The molecule has 58 valence electrons. The summed E-state index contributed by atoms with van der Waals surface area (Å²) in [6.45, 7) is 0. The zero-order chi connectivity index (χ0) is 8.53. The van der Waals surface area contributed by atoms with Crippen LogP contribution in [0.1, 0.15) is 0 Å². The SMILES string of the molecule is C[N-]c1ccccc1.[CH3][Al+][CH3]. The molecule has 0 N–H and O–H groups in total. The molecule has 0 aromatic heterocycles. The molecule has 0 fully saturated rings. The summed E-state index contributed by atoms with van der Waals surface area (Å²) < 4.78 is 0. The van der Waals surface area contributed by atoms with Crippen molar-refractivity contribution < 1.29 is 0 Å². The molecule has 1 nitrogen and oxygen atoms in total. The fraction of sp³-hybridized carbons (Fsp3) is 0.333. The molecule has 0 heterocycles. The molecule has 0 saturated heterocycles. The molecular weight excluding hydrogens is 149 g/mol. The molecule has 0 amide bonds. The maximum atomic E-state index is 3.97. The van der Waals surface area contributed by atoms with Gasteiger partial charge in [-0.25, -0.2) is 0 Å². The summed E-state index contributed by atoms with van der Waals surface area (Å²) in [5.74, 6) is 4.42. The first-order valence-corrected chi connectivity index (χ1v) is 6.05. The Kier molecular flexibility index (Phi) is 7.35. The van der Waals surface area contributed by atoms with Crippen LogP contribution in [0.5, 0.6) is 0 Å². The van der Waals surface area contributed by atoms with E-state index in [9.17, 15) is 0 Å². The van der Waals surface area contributed by atoms with Crippen molar-refractivity contribution in [2.75, 3.05) is 7.05 Å². The van der Waals surface area contributed by atoms with Crippen molar-refractivity contribution in [3.05, 3.63) is 35.6 Å². The van der Waals surface area contributed by atoms with Crippen LogP contribution in [0, 0.1) is 0 Å². The van der Waals surface area contributed by atoms with Gasteiger partial charge in [0.05, 0.1) is 0 Å². The minimum absolute atomic E-state index is 0.750. The van der Waals surface area contributed by atoms with Crippen molar-refractivity contribution >= 4 is 20.9 Å². The van der Waals surface area contributed by atoms with Gasteiger partial charge < -0.3 is 5.32 Å². The van der Waals surface area contributed by atoms with E-state index in [-0.39, 0.29) is 0 Å². The molecule has 1 rings (SSSR count). The number of hydrogen-bond acceptors (Lipinski definition) is 0. The van der Waals surface area contributed by atoms with Crippen LogP contribution in [-0.4, -0.2) is 22.3 Å². The van der Waals surface area contributed by atoms with E-state index in [1.807, 2.05) is 30.3 Å². The second-order valence-electron chi connectivity index (χ2n) is 2.14. The fourth-order valence-corrected chi connectivity index (χ4v) is 0.577. The van der Waals surface area contributed by atoms with Crippen LogP contribution in [0.4, 0.5) is 5.69 Å². The third-order valence-corrected chi connectivity index (χ3v) is 1.01. The predicted octanol–water partition coefficient (Wildman–Crippen LogP) is 3.11. The van der Waals surface area contributed by atoms with Crippen molar-refractivity contribution in [1.29, 1.82) is 0 Å². The molecule has 2 heteroatoms. The standard InChI is InChI=1S/C7H8N.2CH3.Al/c1-8-7-5-3-2-4-6-7;;;/h2-6H,1H3;2*1H3;/q-1;;;+1. The summed E-state index contributed by atoms with van der Waals surface area (Å²) in [5, 5.41) is 3.97. The molecule has 1 aromatic rings. The molecule has 0 aliphatic carbocycles. The van der Waals surface area contributed by atoms with Gasteiger partial charge in [0.25, 0.3) is 0 Å². The van der Waals surface area contributed by atoms with Crippen LogP contribution in [-0.2, 0) is 0 Å². The topological polar surface area (TPSA) is 14.1 Å². The number of hydrogen-bond donors (Lipinski definition) is 0. The van der Waals surface area contributed by atoms with E-state index in [2.05, 4.69) is 16.9 Å². The van der Waals surface area contributed by atoms with E-state index in [4.69, 9.17) is 0 Å².